The SMILES string of the molecule is CC(=O)OCCCC1CC(CCN)OC(C)(C)O1. The predicted molar refractivity (Wildman–Crippen MR) is 68.0 cm³/mol. The standard InChI is InChI=1S/C13H25NO4/c1-10(15)16-8-4-5-11-9-12(6-7-14)18-13(2,3)17-11/h11-12H,4-9,14H2,1-3H3. The second-order valence-corrected chi connectivity index (χ2v) is 5.17. The molecule has 2 unspecified atom stereocenters. The van der Waals surface area contributed by atoms with Crippen LogP contribution >= 0.6 is 0 Å². The lowest BCUT2D eigenvalue weighted by atomic mass is 10.0. The molecule has 0 spiro atoms. The van der Waals surface area contributed by atoms with Crippen molar-refractivity contribution in [3.05, 3.63) is 0 Å². The van der Waals surface area contributed by atoms with Gasteiger partial charge in [0.2, 0.25) is 0 Å². The van der Waals surface area contributed by atoms with Gasteiger partial charge in [0, 0.05) is 13.3 Å². The Balaban J connectivity index is 2.32. The van der Waals surface area contributed by atoms with E-state index in [0.717, 1.165) is 25.7 Å². The van der Waals surface area contributed by atoms with E-state index in [1.54, 1.807) is 0 Å². The monoisotopic (exact) mass is 259 g/mol. The van der Waals surface area contributed by atoms with E-state index in [0.29, 0.717) is 13.2 Å². The first-order chi connectivity index (χ1) is 8.43. The molecule has 2 N–H and O–H groups in total. The highest BCUT2D eigenvalue weighted by Gasteiger charge is 2.34. The molecule has 0 saturated carbocycles. The summed E-state index contributed by atoms with van der Waals surface area (Å²) in [5, 5.41) is 0. The van der Waals surface area contributed by atoms with Crippen molar-refractivity contribution in [3.8, 4) is 0 Å². The van der Waals surface area contributed by atoms with E-state index in [2.05, 4.69) is 0 Å². The van der Waals surface area contributed by atoms with Crippen LogP contribution in [-0.2, 0) is 19.0 Å². The third kappa shape index (κ3) is 5.80. The number of esters is 1. The summed E-state index contributed by atoms with van der Waals surface area (Å²) >= 11 is 0. The number of hydrogen-bond donors (Lipinski definition) is 1. The number of hydrogen-bond acceptors (Lipinski definition) is 5. The molecule has 5 nitrogen and oxygen atoms in total. The maximum atomic E-state index is 10.6. The van der Waals surface area contributed by atoms with Gasteiger partial charge in [-0.3, -0.25) is 4.79 Å². The van der Waals surface area contributed by atoms with Crippen molar-refractivity contribution in [2.75, 3.05) is 13.2 Å². The van der Waals surface area contributed by atoms with Gasteiger partial charge < -0.3 is 19.9 Å². The molecule has 0 aromatic heterocycles. The Morgan fingerprint density at radius 1 is 1.33 bits per heavy atom. The molecule has 1 aliphatic heterocycles. The van der Waals surface area contributed by atoms with E-state index in [-0.39, 0.29) is 18.2 Å². The fourth-order valence-corrected chi connectivity index (χ4v) is 2.29. The molecule has 0 aliphatic carbocycles. The van der Waals surface area contributed by atoms with Gasteiger partial charge in [-0.15, -0.1) is 0 Å². The van der Waals surface area contributed by atoms with Gasteiger partial charge in [-0.25, -0.2) is 0 Å². The second-order valence-electron chi connectivity index (χ2n) is 5.17. The minimum absolute atomic E-state index is 0.154. The molecule has 0 bridgehead atoms. The summed E-state index contributed by atoms with van der Waals surface area (Å²) in [7, 11) is 0. The summed E-state index contributed by atoms with van der Waals surface area (Å²) in [6, 6.07) is 0. The van der Waals surface area contributed by atoms with Gasteiger partial charge in [-0.1, -0.05) is 0 Å². The molecule has 2 atom stereocenters. The molecule has 1 aliphatic rings. The first-order valence-electron chi connectivity index (χ1n) is 6.62. The Bertz CT molecular complexity index is 268. The van der Waals surface area contributed by atoms with Crippen LogP contribution in [0.1, 0.15) is 46.5 Å². The van der Waals surface area contributed by atoms with Crippen LogP contribution in [0.2, 0.25) is 0 Å². The Kier molecular flexibility index (Phi) is 6.05. The van der Waals surface area contributed by atoms with E-state index in [1.165, 1.54) is 6.92 Å². The summed E-state index contributed by atoms with van der Waals surface area (Å²) in [6.07, 6.45) is 3.73. The number of nitrogens with two attached hydrogens (primary N) is 1. The molecule has 1 rings (SSSR count). The van der Waals surface area contributed by atoms with Crippen molar-refractivity contribution in [2.24, 2.45) is 5.73 Å². The Hall–Kier alpha value is -0.650. The normalized spacial score (nSPS) is 26.9. The van der Waals surface area contributed by atoms with Crippen molar-refractivity contribution >= 4 is 5.97 Å². The maximum absolute atomic E-state index is 10.6. The van der Waals surface area contributed by atoms with Crippen molar-refractivity contribution in [2.45, 2.75) is 64.4 Å². The highest BCUT2D eigenvalue weighted by Crippen LogP contribution is 2.29. The summed E-state index contributed by atoms with van der Waals surface area (Å²) < 4.78 is 16.6. The average molecular weight is 259 g/mol. The van der Waals surface area contributed by atoms with Gasteiger partial charge >= 0.3 is 5.97 Å². The first kappa shape index (κ1) is 15.4. The Morgan fingerprint density at radius 2 is 1.94 bits per heavy atom. The van der Waals surface area contributed by atoms with E-state index in [9.17, 15) is 4.79 Å². The molecule has 18 heavy (non-hydrogen) atoms. The minimum Gasteiger partial charge on any atom is -0.466 e. The first-order valence-corrected chi connectivity index (χ1v) is 6.62. The van der Waals surface area contributed by atoms with Crippen molar-refractivity contribution in [1.82, 2.24) is 0 Å². The zero-order valence-corrected chi connectivity index (χ0v) is 11.6. The lowest BCUT2D eigenvalue weighted by Gasteiger charge is -2.41. The maximum Gasteiger partial charge on any atom is 0.302 e. The average Bonchev–Trinajstić information content (AvgIpc) is 2.22. The third-order valence-corrected chi connectivity index (χ3v) is 2.89. The minimum atomic E-state index is -0.551. The molecular weight excluding hydrogens is 234 g/mol. The van der Waals surface area contributed by atoms with Gasteiger partial charge in [-0.05, 0) is 39.7 Å². The summed E-state index contributed by atoms with van der Waals surface area (Å²) in [4.78, 5) is 10.6. The molecule has 0 aromatic carbocycles. The van der Waals surface area contributed by atoms with Crippen molar-refractivity contribution in [1.29, 1.82) is 0 Å². The molecule has 1 fully saturated rings. The zero-order chi connectivity index (χ0) is 13.6. The van der Waals surface area contributed by atoms with Crippen LogP contribution in [0, 0.1) is 0 Å². The van der Waals surface area contributed by atoms with Gasteiger partial charge in [0.05, 0.1) is 18.8 Å². The molecular formula is C13H25NO4. The second kappa shape index (κ2) is 7.07. The molecule has 1 saturated heterocycles. The number of ether oxygens (including phenoxy) is 3. The van der Waals surface area contributed by atoms with Crippen LogP contribution in [0.25, 0.3) is 0 Å². The van der Waals surface area contributed by atoms with E-state index in [1.807, 2.05) is 13.8 Å². The van der Waals surface area contributed by atoms with E-state index in [4.69, 9.17) is 19.9 Å². The van der Waals surface area contributed by atoms with Gasteiger partial charge in [-0.2, -0.15) is 0 Å². The third-order valence-electron chi connectivity index (χ3n) is 2.89. The number of rotatable bonds is 6. The van der Waals surface area contributed by atoms with Crippen LogP contribution in [0.5, 0.6) is 0 Å². The summed E-state index contributed by atoms with van der Waals surface area (Å²) in [5.74, 6) is -0.784. The topological polar surface area (TPSA) is 70.8 Å². The summed E-state index contributed by atoms with van der Waals surface area (Å²) in [5.41, 5.74) is 5.57. The fourth-order valence-electron chi connectivity index (χ4n) is 2.29. The lowest BCUT2D eigenvalue weighted by Crippen LogP contribution is -2.45. The van der Waals surface area contributed by atoms with Gasteiger partial charge in [0.15, 0.2) is 5.79 Å². The van der Waals surface area contributed by atoms with Gasteiger partial charge in [0.1, 0.15) is 0 Å². The highest BCUT2D eigenvalue weighted by atomic mass is 16.7. The van der Waals surface area contributed by atoms with E-state index < -0.39 is 5.79 Å². The molecule has 106 valence electrons. The van der Waals surface area contributed by atoms with Crippen LogP contribution in [0.3, 0.4) is 0 Å². The van der Waals surface area contributed by atoms with Crippen LogP contribution in [0.4, 0.5) is 0 Å². The fraction of sp³-hybridized carbons (Fsp3) is 0.923. The van der Waals surface area contributed by atoms with Crippen molar-refractivity contribution in [3.63, 3.8) is 0 Å². The largest absolute Gasteiger partial charge is 0.466 e. The Labute approximate surface area is 109 Å². The zero-order valence-electron chi connectivity index (χ0n) is 11.6. The number of carbonyl (C=O) groups is 1. The van der Waals surface area contributed by atoms with Crippen molar-refractivity contribution < 1.29 is 19.0 Å². The molecule has 0 radical (unpaired) electrons. The predicted octanol–water partition coefficient (Wildman–Crippen LogP) is 1.59. The van der Waals surface area contributed by atoms with Crippen LogP contribution < -0.4 is 5.73 Å². The quantitative estimate of drug-likeness (QED) is 0.579. The smallest absolute Gasteiger partial charge is 0.302 e. The Morgan fingerprint density at radius 3 is 2.50 bits per heavy atom. The molecule has 0 aromatic rings. The summed E-state index contributed by atoms with van der Waals surface area (Å²) in [6.45, 7) is 6.35. The molecule has 1 heterocycles. The van der Waals surface area contributed by atoms with Crippen LogP contribution in [-0.4, -0.2) is 37.1 Å². The lowest BCUT2D eigenvalue weighted by molar-refractivity contribution is -0.301. The molecule has 0 amide bonds. The van der Waals surface area contributed by atoms with Gasteiger partial charge in [0.25, 0.3) is 0 Å². The number of carbonyl (C=O) groups excluding carboxylic acids is 1. The van der Waals surface area contributed by atoms with Crippen LogP contribution in [0.15, 0.2) is 0 Å². The molecule has 5 heteroatoms. The highest BCUT2D eigenvalue weighted by molar-refractivity contribution is 5.65. The van der Waals surface area contributed by atoms with E-state index >= 15 is 0 Å².